The number of aliphatic hydroxyl groups is 1. The van der Waals surface area contributed by atoms with Crippen molar-refractivity contribution in [1.82, 2.24) is 4.31 Å². The van der Waals surface area contributed by atoms with Crippen LogP contribution in [0.2, 0.25) is 5.02 Å². The molecular weight excluding hydrogens is 286 g/mol. The Kier molecular flexibility index (Phi) is 4.50. The minimum Gasteiger partial charge on any atom is -0.393 e. The Bertz CT molecular complexity index is 519. The molecule has 0 spiro atoms. The van der Waals surface area contributed by atoms with Crippen molar-refractivity contribution < 1.29 is 13.5 Å². The molecule has 0 bridgehead atoms. The topological polar surface area (TPSA) is 57.6 Å². The largest absolute Gasteiger partial charge is 0.393 e. The molecule has 106 valence electrons. The zero-order valence-corrected chi connectivity index (χ0v) is 12.4. The van der Waals surface area contributed by atoms with E-state index in [1.165, 1.54) is 16.4 Å². The average molecular weight is 304 g/mol. The van der Waals surface area contributed by atoms with Crippen LogP contribution in [-0.4, -0.2) is 37.0 Å². The van der Waals surface area contributed by atoms with Gasteiger partial charge >= 0.3 is 0 Å². The number of rotatable bonds is 3. The van der Waals surface area contributed by atoms with E-state index in [2.05, 4.69) is 0 Å². The molecule has 6 heteroatoms. The zero-order valence-electron chi connectivity index (χ0n) is 10.8. The summed E-state index contributed by atoms with van der Waals surface area (Å²) < 4.78 is 26.3. The number of nitrogens with zero attached hydrogens (tertiary/aromatic N) is 1. The van der Waals surface area contributed by atoms with E-state index in [9.17, 15) is 13.5 Å². The lowest BCUT2D eigenvalue weighted by Gasteiger charge is -2.32. The highest BCUT2D eigenvalue weighted by Gasteiger charge is 2.30. The number of benzene rings is 1. The lowest BCUT2D eigenvalue weighted by Crippen LogP contribution is -2.40. The predicted octanol–water partition coefficient (Wildman–Crippen LogP) is 2.12. The second kappa shape index (κ2) is 5.79. The van der Waals surface area contributed by atoms with E-state index in [-0.39, 0.29) is 16.9 Å². The minimum atomic E-state index is -3.43. The fourth-order valence-electron chi connectivity index (χ4n) is 2.35. The molecule has 4 nitrogen and oxygen atoms in total. The monoisotopic (exact) mass is 303 g/mol. The van der Waals surface area contributed by atoms with Crippen molar-refractivity contribution in [3.8, 4) is 0 Å². The SMILES string of the molecule is CC(O)C1CCN(S(=O)(=O)c2ccc(Cl)cc2)CC1. The predicted molar refractivity (Wildman–Crippen MR) is 74.6 cm³/mol. The van der Waals surface area contributed by atoms with E-state index in [0.717, 1.165) is 0 Å². The van der Waals surface area contributed by atoms with Crippen LogP contribution in [0.5, 0.6) is 0 Å². The molecule has 0 amide bonds. The number of sulfonamides is 1. The lowest BCUT2D eigenvalue weighted by molar-refractivity contribution is 0.0912. The molecule has 1 fully saturated rings. The van der Waals surface area contributed by atoms with Crippen LogP contribution >= 0.6 is 11.6 Å². The van der Waals surface area contributed by atoms with Gasteiger partial charge in [-0.15, -0.1) is 0 Å². The summed E-state index contributed by atoms with van der Waals surface area (Å²) in [4.78, 5) is 0.271. The molecule has 1 aromatic rings. The van der Waals surface area contributed by atoms with E-state index in [1.54, 1.807) is 19.1 Å². The maximum Gasteiger partial charge on any atom is 0.243 e. The first-order chi connectivity index (χ1) is 8.91. The van der Waals surface area contributed by atoms with Crippen LogP contribution in [0.25, 0.3) is 0 Å². The molecule has 1 atom stereocenters. The normalized spacial score (nSPS) is 20.4. The standard InChI is InChI=1S/C13H18ClNO3S/c1-10(16)11-6-8-15(9-7-11)19(17,18)13-4-2-12(14)3-5-13/h2-5,10-11,16H,6-9H2,1H3. The van der Waals surface area contributed by atoms with Crippen molar-refractivity contribution >= 4 is 21.6 Å². The van der Waals surface area contributed by atoms with Crippen LogP contribution in [0.4, 0.5) is 0 Å². The van der Waals surface area contributed by atoms with Gasteiger partial charge in [0.05, 0.1) is 11.0 Å². The Hall–Kier alpha value is -0.620. The summed E-state index contributed by atoms with van der Waals surface area (Å²) in [7, 11) is -3.43. The zero-order chi connectivity index (χ0) is 14.0. The van der Waals surface area contributed by atoms with Crippen molar-refractivity contribution in [1.29, 1.82) is 0 Å². The molecule has 0 aromatic heterocycles. The molecule has 0 saturated carbocycles. The lowest BCUT2D eigenvalue weighted by atomic mass is 9.93. The summed E-state index contributed by atoms with van der Waals surface area (Å²) >= 11 is 5.77. The van der Waals surface area contributed by atoms with Crippen LogP contribution in [0, 0.1) is 5.92 Å². The van der Waals surface area contributed by atoms with E-state index < -0.39 is 10.0 Å². The Morgan fingerprint density at radius 1 is 1.26 bits per heavy atom. The highest BCUT2D eigenvalue weighted by atomic mass is 35.5. The van der Waals surface area contributed by atoms with Gasteiger partial charge in [-0.1, -0.05) is 11.6 Å². The molecule has 19 heavy (non-hydrogen) atoms. The molecule has 1 heterocycles. The number of piperidine rings is 1. The maximum atomic E-state index is 12.4. The minimum absolute atomic E-state index is 0.191. The average Bonchev–Trinajstić information content (AvgIpc) is 2.39. The van der Waals surface area contributed by atoms with E-state index in [4.69, 9.17) is 11.6 Å². The summed E-state index contributed by atoms with van der Waals surface area (Å²) in [5, 5.41) is 10.1. The summed E-state index contributed by atoms with van der Waals surface area (Å²) in [6, 6.07) is 6.21. The molecule has 1 saturated heterocycles. The molecule has 1 aliphatic rings. The molecular formula is C13H18ClNO3S. The molecule has 1 aliphatic heterocycles. The Morgan fingerprint density at radius 2 is 1.79 bits per heavy atom. The first-order valence-corrected chi connectivity index (χ1v) is 8.17. The number of hydrogen-bond donors (Lipinski definition) is 1. The van der Waals surface area contributed by atoms with Crippen LogP contribution in [0.15, 0.2) is 29.2 Å². The molecule has 0 aliphatic carbocycles. The summed E-state index contributed by atoms with van der Waals surface area (Å²) in [5.41, 5.74) is 0. The molecule has 2 rings (SSSR count). The van der Waals surface area contributed by atoms with Crippen molar-refractivity contribution in [2.75, 3.05) is 13.1 Å². The third-order valence-corrected chi connectivity index (χ3v) is 5.80. The summed E-state index contributed by atoms with van der Waals surface area (Å²) in [6.45, 7) is 2.68. The Balaban J connectivity index is 2.12. The van der Waals surface area contributed by atoms with Crippen LogP contribution in [0.1, 0.15) is 19.8 Å². The fraction of sp³-hybridized carbons (Fsp3) is 0.538. The van der Waals surface area contributed by atoms with Crippen LogP contribution in [-0.2, 0) is 10.0 Å². The Labute approximate surface area is 119 Å². The molecule has 1 unspecified atom stereocenters. The van der Waals surface area contributed by atoms with E-state index in [1.807, 2.05) is 0 Å². The van der Waals surface area contributed by atoms with Gasteiger partial charge in [0.25, 0.3) is 0 Å². The van der Waals surface area contributed by atoms with Crippen LogP contribution in [0.3, 0.4) is 0 Å². The van der Waals surface area contributed by atoms with Gasteiger partial charge in [-0.3, -0.25) is 0 Å². The first kappa shape index (κ1) is 14.8. The number of aliphatic hydroxyl groups excluding tert-OH is 1. The van der Waals surface area contributed by atoms with Gasteiger partial charge in [0.15, 0.2) is 0 Å². The van der Waals surface area contributed by atoms with Gasteiger partial charge < -0.3 is 5.11 Å². The van der Waals surface area contributed by atoms with Crippen LogP contribution < -0.4 is 0 Å². The van der Waals surface area contributed by atoms with Crippen molar-refractivity contribution in [2.24, 2.45) is 5.92 Å². The maximum absolute atomic E-state index is 12.4. The highest BCUT2D eigenvalue weighted by molar-refractivity contribution is 7.89. The third-order valence-electron chi connectivity index (χ3n) is 3.63. The van der Waals surface area contributed by atoms with E-state index >= 15 is 0 Å². The van der Waals surface area contributed by atoms with E-state index in [0.29, 0.717) is 31.0 Å². The van der Waals surface area contributed by atoms with Crippen molar-refractivity contribution in [3.05, 3.63) is 29.3 Å². The second-order valence-corrected chi connectivity index (χ2v) is 7.31. The highest BCUT2D eigenvalue weighted by Crippen LogP contribution is 2.26. The molecule has 1 N–H and O–H groups in total. The van der Waals surface area contributed by atoms with Gasteiger partial charge in [-0.25, -0.2) is 8.42 Å². The van der Waals surface area contributed by atoms with Crippen molar-refractivity contribution in [2.45, 2.75) is 30.8 Å². The first-order valence-electron chi connectivity index (χ1n) is 6.35. The smallest absolute Gasteiger partial charge is 0.243 e. The van der Waals surface area contributed by atoms with Crippen molar-refractivity contribution in [3.63, 3.8) is 0 Å². The summed E-state index contributed by atoms with van der Waals surface area (Å²) in [6.07, 6.45) is 1.02. The van der Waals surface area contributed by atoms with Gasteiger partial charge in [0.1, 0.15) is 0 Å². The summed E-state index contributed by atoms with van der Waals surface area (Å²) in [5.74, 6) is 0.191. The number of halogens is 1. The van der Waals surface area contributed by atoms with Gasteiger partial charge in [-0.2, -0.15) is 4.31 Å². The third kappa shape index (κ3) is 3.28. The fourth-order valence-corrected chi connectivity index (χ4v) is 3.95. The van der Waals surface area contributed by atoms with Gasteiger partial charge in [0, 0.05) is 18.1 Å². The molecule has 1 aromatic carbocycles. The molecule has 0 radical (unpaired) electrons. The second-order valence-electron chi connectivity index (χ2n) is 4.94. The quantitative estimate of drug-likeness (QED) is 0.930. The van der Waals surface area contributed by atoms with Gasteiger partial charge in [0.2, 0.25) is 10.0 Å². The van der Waals surface area contributed by atoms with Gasteiger partial charge in [-0.05, 0) is 49.9 Å². The Morgan fingerprint density at radius 3 is 2.26 bits per heavy atom. The number of hydrogen-bond acceptors (Lipinski definition) is 3.